The highest BCUT2D eigenvalue weighted by Crippen LogP contribution is 2.38. The van der Waals surface area contributed by atoms with Crippen LogP contribution >= 0.6 is 0 Å². The van der Waals surface area contributed by atoms with Gasteiger partial charge in [-0.15, -0.1) is 0 Å². The van der Waals surface area contributed by atoms with E-state index in [9.17, 15) is 31.1 Å². The molecular weight excluding hydrogens is 440 g/mol. The second-order valence-corrected chi connectivity index (χ2v) is 8.19. The summed E-state index contributed by atoms with van der Waals surface area (Å²) < 4.78 is 80.9. The van der Waals surface area contributed by atoms with E-state index in [4.69, 9.17) is 0 Å². The van der Waals surface area contributed by atoms with Gasteiger partial charge in [-0.3, -0.25) is 14.2 Å². The van der Waals surface area contributed by atoms with Crippen LogP contribution in [-0.2, 0) is 36.5 Å². The lowest BCUT2D eigenvalue weighted by atomic mass is 10.1. The van der Waals surface area contributed by atoms with E-state index in [-0.39, 0.29) is 37.4 Å². The molecule has 0 bridgehead atoms. The van der Waals surface area contributed by atoms with Crippen molar-refractivity contribution in [1.82, 2.24) is 24.9 Å². The molecule has 0 radical (unpaired) electrons. The number of hydrogen-bond donors (Lipinski definition) is 1. The third-order valence-electron chi connectivity index (χ3n) is 5.59. The zero-order valence-electron chi connectivity index (χ0n) is 17.9. The fourth-order valence-electron chi connectivity index (χ4n) is 4.01. The van der Waals surface area contributed by atoms with E-state index in [1.54, 1.807) is 13.8 Å². The first-order valence-electron chi connectivity index (χ1n) is 10.4. The summed E-state index contributed by atoms with van der Waals surface area (Å²) in [4.78, 5) is 12.8. The smallest absolute Gasteiger partial charge is 0.354 e. The van der Waals surface area contributed by atoms with Crippen molar-refractivity contribution in [1.29, 1.82) is 0 Å². The van der Waals surface area contributed by atoms with E-state index >= 15 is 0 Å². The summed E-state index contributed by atoms with van der Waals surface area (Å²) in [6, 6.07) is 0.0583. The third kappa shape index (κ3) is 4.93. The molecule has 3 rings (SSSR count). The number of fused-ring (bicyclic) bond motifs is 1. The second-order valence-electron chi connectivity index (χ2n) is 8.19. The number of aryl methyl sites for hydroxylation is 1. The predicted molar refractivity (Wildman–Crippen MR) is 103 cm³/mol. The van der Waals surface area contributed by atoms with E-state index < -0.39 is 35.7 Å². The molecule has 0 aromatic carbocycles. The normalized spacial score (nSPS) is 16.2. The van der Waals surface area contributed by atoms with E-state index in [2.05, 4.69) is 15.5 Å². The Hall–Kier alpha value is -2.53. The lowest BCUT2D eigenvalue weighted by Crippen LogP contribution is -2.37. The van der Waals surface area contributed by atoms with Crippen LogP contribution < -0.4 is 5.32 Å². The molecular formula is C20H25F6N5O. The molecule has 1 amide bonds. The lowest BCUT2D eigenvalue weighted by Gasteiger charge is -2.20. The Bertz CT molecular complexity index is 975. The number of alkyl halides is 6. The number of hydrogen-bond acceptors (Lipinski definition) is 3. The first-order valence-corrected chi connectivity index (χ1v) is 10.4. The minimum Gasteiger partial charge on any atom is -0.354 e. The van der Waals surface area contributed by atoms with Gasteiger partial charge in [0.15, 0.2) is 11.4 Å². The van der Waals surface area contributed by atoms with Crippen LogP contribution in [0.25, 0.3) is 0 Å². The molecule has 1 aliphatic rings. The number of halogens is 6. The predicted octanol–water partition coefficient (Wildman–Crippen LogP) is 4.32. The number of nitrogens with one attached hydrogen (secondary N) is 1. The van der Waals surface area contributed by atoms with Crippen molar-refractivity contribution < 1.29 is 31.1 Å². The Kier molecular flexibility index (Phi) is 6.62. The lowest BCUT2D eigenvalue weighted by molar-refractivity contribution is -0.143. The molecule has 0 saturated heterocycles. The maximum Gasteiger partial charge on any atom is 0.435 e. The Morgan fingerprint density at radius 3 is 2.41 bits per heavy atom. The van der Waals surface area contributed by atoms with Crippen LogP contribution in [0.1, 0.15) is 61.1 Å². The molecule has 12 heteroatoms. The summed E-state index contributed by atoms with van der Waals surface area (Å²) in [6.45, 7) is 5.22. The zero-order chi connectivity index (χ0) is 23.8. The number of aromatic nitrogens is 4. The van der Waals surface area contributed by atoms with Gasteiger partial charge in [-0.2, -0.15) is 36.5 Å². The van der Waals surface area contributed by atoms with Crippen molar-refractivity contribution in [2.24, 2.45) is 5.92 Å². The molecule has 0 aliphatic heterocycles. The maximum absolute atomic E-state index is 13.3. The highest BCUT2D eigenvalue weighted by atomic mass is 19.4. The minimum atomic E-state index is -4.58. The van der Waals surface area contributed by atoms with E-state index in [1.807, 2.05) is 0 Å². The van der Waals surface area contributed by atoms with Crippen LogP contribution in [-0.4, -0.2) is 32.0 Å². The third-order valence-corrected chi connectivity index (χ3v) is 5.59. The fraction of sp³-hybridized carbons (Fsp3) is 0.650. The van der Waals surface area contributed by atoms with Gasteiger partial charge in [0.25, 0.3) is 0 Å². The Morgan fingerprint density at radius 1 is 1.16 bits per heavy atom. The van der Waals surface area contributed by atoms with Crippen molar-refractivity contribution >= 4 is 5.91 Å². The molecule has 2 heterocycles. The van der Waals surface area contributed by atoms with Crippen molar-refractivity contribution in [3.05, 3.63) is 34.4 Å². The van der Waals surface area contributed by atoms with E-state index in [1.165, 1.54) is 16.3 Å². The Balaban J connectivity index is 1.67. The summed E-state index contributed by atoms with van der Waals surface area (Å²) in [6.07, 6.45) is -7.59. The van der Waals surface area contributed by atoms with Crippen molar-refractivity contribution in [2.75, 3.05) is 6.54 Å². The largest absolute Gasteiger partial charge is 0.435 e. The van der Waals surface area contributed by atoms with Gasteiger partial charge in [-0.05, 0) is 44.6 Å². The van der Waals surface area contributed by atoms with Crippen molar-refractivity contribution in [2.45, 2.75) is 71.4 Å². The van der Waals surface area contributed by atoms with Crippen LogP contribution in [0.5, 0.6) is 0 Å². The van der Waals surface area contributed by atoms with Gasteiger partial charge in [0, 0.05) is 30.0 Å². The van der Waals surface area contributed by atoms with Gasteiger partial charge >= 0.3 is 12.4 Å². The van der Waals surface area contributed by atoms with E-state index in [0.29, 0.717) is 24.2 Å². The highest BCUT2D eigenvalue weighted by molar-refractivity contribution is 5.80. The first kappa shape index (κ1) is 24.1. The monoisotopic (exact) mass is 465 g/mol. The van der Waals surface area contributed by atoms with Gasteiger partial charge in [0.1, 0.15) is 6.04 Å². The molecule has 178 valence electrons. The summed E-state index contributed by atoms with van der Waals surface area (Å²) >= 11 is 0. The standard InChI is InChI=1S/C20H25F6N5O/c1-4-14(31-15-7-5-6-13(15)17(29-31)20(24,25)26)18(32)27-9-11(2)10-30-12(3)8-16(28-30)19(21,22)23/h8,11,14H,4-7,9-10H2,1-3H3,(H,27,32). The Labute approximate surface area is 181 Å². The fourth-order valence-corrected chi connectivity index (χ4v) is 4.01. The molecule has 32 heavy (non-hydrogen) atoms. The molecule has 1 N–H and O–H groups in total. The van der Waals surface area contributed by atoms with Gasteiger partial charge in [-0.25, -0.2) is 0 Å². The van der Waals surface area contributed by atoms with Crippen LogP contribution in [0.2, 0.25) is 0 Å². The second kappa shape index (κ2) is 8.78. The van der Waals surface area contributed by atoms with Gasteiger partial charge in [-0.1, -0.05) is 13.8 Å². The van der Waals surface area contributed by atoms with Crippen LogP contribution in [0, 0.1) is 12.8 Å². The van der Waals surface area contributed by atoms with Gasteiger partial charge < -0.3 is 5.32 Å². The minimum absolute atomic E-state index is 0.131. The number of carbonyl (C=O) groups excluding carboxylic acids is 1. The number of nitrogens with zero attached hydrogens (tertiary/aromatic N) is 4. The van der Waals surface area contributed by atoms with Crippen molar-refractivity contribution in [3.63, 3.8) is 0 Å². The molecule has 1 aliphatic carbocycles. The summed E-state index contributed by atoms with van der Waals surface area (Å²) in [7, 11) is 0. The van der Waals surface area contributed by atoms with E-state index in [0.717, 1.165) is 6.07 Å². The van der Waals surface area contributed by atoms with Gasteiger partial charge in [0.2, 0.25) is 5.91 Å². The number of amides is 1. The molecule has 2 atom stereocenters. The zero-order valence-corrected chi connectivity index (χ0v) is 17.9. The van der Waals surface area contributed by atoms with Crippen LogP contribution in [0.15, 0.2) is 6.07 Å². The molecule has 2 unspecified atom stereocenters. The summed E-state index contributed by atoms with van der Waals surface area (Å²) in [5, 5.41) is 10.0. The molecule has 6 nitrogen and oxygen atoms in total. The summed E-state index contributed by atoms with van der Waals surface area (Å²) in [5.41, 5.74) is -0.968. The Morgan fingerprint density at radius 2 is 1.84 bits per heavy atom. The average Bonchev–Trinajstić information content (AvgIpc) is 3.36. The molecule has 2 aromatic rings. The molecule has 0 fully saturated rings. The summed E-state index contributed by atoms with van der Waals surface area (Å²) in [5.74, 6) is -0.733. The number of carbonyl (C=O) groups is 1. The quantitative estimate of drug-likeness (QED) is 0.620. The highest BCUT2D eigenvalue weighted by Gasteiger charge is 2.41. The molecule has 2 aromatic heterocycles. The molecule has 0 spiro atoms. The van der Waals surface area contributed by atoms with Crippen LogP contribution in [0.3, 0.4) is 0 Å². The first-order chi connectivity index (χ1) is 14.8. The van der Waals surface area contributed by atoms with Crippen molar-refractivity contribution in [3.8, 4) is 0 Å². The maximum atomic E-state index is 13.3. The SMILES string of the molecule is CCC(C(=O)NCC(C)Cn1nc(C(F)(F)F)cc1C)n1nc(C(F)(F)F)c2c1CCC2. The number of rotatable bonds is 7. The molecule has 0 saturated carbocycles. The topological polar surface area (TPSA) is 64.7 Å². The van der Waals surface area contributed by atoms with Gasteiger partial charge in [0.05, 0.1) is 0 Å². The average molecular weight is 465 g/mol. The van der Waals surface area contributed by atoms with Crippen LogP contribution in [0.4, 0.5) is 26.3 Å².